The highest BCUT2D eigenvalue weighted by atomic mass is 15.1. The van der Waals surface area contributed by atoms with E-state index in [4.69, 9.17) is 0 Å². The molecule has 0 bridgehead atoms. The third-order valence-corrected chi connectivity index (χ3v) is 3.33. The molecule has 0 radical (unpaired) electrons. The Balaban J connectivity index is 2.05. The lowest BCUT2D eigenvalue weighted by molar-refractivity contribution is -0.928. The third kappa shape index (κ3) is 4.10. The molecule has 1 rings (SSSR count). The molecule has 0 aromatic carbocycles. The van der Waals surface area contributed by atoms with Crippen LogP contribution < -0.4 is 10.6 Å². The van der Waals surface area contributed by atoms with Crippen molar-refractivity contribution in [2.24, 2.45) is 0 Å². The van der Waals surface area contributed by atoms with Gasteiger partial charge < -0.3 is 10.6 Å². The molecular formula is C11H26N2+2. The van der Waals surface area contributed by atoms with E-state index in [-0.39, 0.29) is 0 Å². The van der Waals surface area contributed by atoms with E-state index in [0.717, 1.165) is 12.6 Å². The van der Waals surface area contributed by atoms with Crippen molar-refractivity contribution in [1.29, 1.82) is 0 Å². The number of unbranched alkanes of at least 4 members (excludes halogenated alkanes) is 2. The minimum absolute atomic E-state index is 0.925. The predicted octanol–water partition coefficient (Wildman–Crippen LogP) is -0.144. The largest absolute Gasteiger partial charge is 0.358 e. The summed E-state index contributed by atoms with van der Waals surface area (Å²) >= 11 is 0. The molecule has 1 heterocycles. The third-order valence-electron chi connectivity index (χ3n) is 3.33. The first-order valence-electron chi connectivity index (χ1n) is 5.98. The Hall–Kier alpha value is -0.0800. The molecular weight excluding hydrogens is 160 g/mol. The molecule has 0 aromatic heterocycles. The summed E-state index contributed by atoms with van der Waals surface area (Å²) in [6.07, 6.45) is 8.49. The SMILES string of the molecule is C[C@H]1CCCC[NH+]1CCCCC[NH3+]. The van der Waals surface area contributed by atoms with E-state index < -0.39 is 0 Å². The fourth-order valence-electron chi connectivity index (χ4n) is 2.33. The number of likely N-dealkylation sites (tertiary alicyclic amines) is 1. The van der Waals surface area contributed by atoms with Crippen molar-refractivity contribution >= 4 is 0 Å². The number of piperidine rings is 1. The normalized spacial score (nSPS) is 29.1. The number of nitrogens with one attached hydrogen (secondary N) is 1. The highest BCUT2D eigenvalue weighted by Gasteiger charge is 2.20. The van der Waals surface area contributed by atoms with Gasteiger partial charge in [-0.15, -0.1) is 0 Å². The second-order valence-corrected chi connectivity index (χ2v) is 4.47. The van der Waals surface area contributed by atoms with E-state index in [1.165, 1.54) is 51.6 Å². The predicted molar refractivity (Wildman–Crippen MR) is 55.6 cm³/mol. The Labute approximate surface area is 82.5 Å². The Bertz CT molecular complexity index is 125. The van der Waals surface area contributed by atoms with Crippen LogP contribution in [0, 0.1) is 0 Å². The van der Waals surface area contributed by atoms with Gasteiger partial charge in [-0.3, -0.25) is 0 Å². The molecule has 0 aromatic rings. The van der Waals surface area contributed by atoms with Gasteiger partial charge in [-0.05, 0) is 45.4 Å². The van der Waals surface area contributed by atoms with Crippen molar-refractivity contribution in [3.63, 3.8) is 0 Å². The van der Waals surface area contributed by atoms with Gasteiger partial charge in [0.15, 0.2) is 0 Å². The summed E-state index contributed by atoms with van der Waals surface area (Å²) < 4.78 is 0. The number of hydrogen-bond donors (Lipinski definition) is 2. The number of quaternary nitrogens is 2. The maximum absolute atomic E-state index is 3.88. The minimum atomic E-state index is 0.925. The van der Waals surface area contributed by atoms with E-state index in [1.807, 2.05) is 4.90 Å². The molecule has 0 amide bonds. The van der Waals surface area contributed by atoms with Gasteiger partial charge in [0.2, 0.25) is 0 Å². The van der Waals surface area contributed by atoms with Gasteiger partial charge in [0.25, 0.3) is 0 Å². The molecule has 1 saturated heterocycles. The van der Waals surface area contributed by atoms with Crippen LogP contribution in [0.2, 0.25) is 0 Å². The smallest absolute Gasteiger partial charge is 0.0846 e. The molecule has 1 aliphatic rings. The lowest BCUT2D eigenvalue weighted by Gasteiger charge is -2.30. The van der Waals surface area contributed by atoms with Crippen LogP contribution in [-0.4, -0.2) is 25.7 Å². The van der Waals surface area contributed by atoms with Crippen molar-refractivity contribution in [3.8, 4) is 0 Å². The van der Waals surface area contributed by atoms with Crippen LogP contribution in [-0.2, 0) is 0 Å². The second kappa shape index (κ2) is 6.39. The van der Waals surface area contributed by atoms with Gasteiger partial charge in [0.05, 0.1) is 25.7 Å². The first-order chi connectivity index (χ1) is 6.34. The van der Waals surface area contributed by atoms with Crippen molar-refractivity contribution in [2.45, 2.75) is 51.5 Å². The second-order valence-electron chi connectivity index (χ2n) is 4.47. The Kier molecular flexibility index (Phi) is 5.40. The van der Waals surface area contributed by atoms with Gasteiger partial charge >= 0.3 is 0 Å². The quantitative estimate of drug-likeness (QED) is 0.560. The molecule has 1 aliphatic heterocycles. The monoisotopic (exact) mass is 186 g/mol. The van der Waals surface area contributed by atoms with E-state index >= 15 is 0 Å². The summed E-state index contributed by atoms with van der Waals surface area (Å²) in [7, 11) is 0. The Morgan fingerprint density at radius 3 is 2.77 bits per heavy atom. The van der Waals surface area contributed by atoms with Crippen LogP contribution in [0.25, 0.3) is 0 Å². The summed E-state index contributed by atoms with van der Waals surface area (Å²) in [5.74, 6) is 0. The summed E-state index contributed by atoms with van der Waals surface area (Å²) in [5, 5.41) is 0. The molecule has 2 atom stereocenters. The first kappa shape index (κ1) is 11.0. The maximum atomic E-state index is 3.88. The van der Waals surface area contributed by atoms with E-state index in [2.05, 4.69) is 12.7 Å². The van der Waals surface area contributed by atoms with Crippen LogP contribution in [0.15, 0.2) is 0 Å². The van der Waals surface area contributed by atoms with Crippen molar-refractivity contribution in [2.75, 3.05) is 19.6 Å². The molecule has 2 heteroatoms. The molecule has 1 fully saturated rings. The zero-order valence-corrected chi connectivity index (χ0v) is 9.15. The van der Waals surface area contributed by atoms with Crippen molar-refractivity contribution in [1.82, 2.24) is 0 Å². The fourth-order valence-corrected chi connectivity index (χ4v) is 2.33. The summed E-state index contributed by atoms with van der Waals surface area (Å²) in [5.41, 5.74) is 3.88. The molecule has 2 nitrogen and oxygen atoms in total. The van der Waals surface area contributed by atoms with E-state index in [0.29, 0.717) is 0 Å². The first-order valence-corrected chi connectivity index (χ1v) is 5.98. The molecule has 1 unspecified atom stereocenters. The van der Waals surface area contributed by atoms with Crippen molar-refractivity contribution < 1.29 is 10.6 Å². The summed E-state index contributed by atoms with van der Waals surface area (Å²) in [6, 6.07) is 0.925. The molecule has 0 saturated carbocycles. The topological polar surface area (TPSA) is 32.1 Å². The van der Waals surface area contributed by atoms with Crippen LogP contribution >= 0.6 is 0 Å². The van der Waals surface area contributed by atoms with Crippen LogP contribution in [0.3, 0.4) is 0 Å². The van der Waals surface area contributed by atoms with Gasteiger partial charge in [0, 0.05) is 0 Å². The standard InChI is InChI=1S/C11H24N2/c1-11-7-3-6-10-13(11)9-5-2-4-8-12/h11H,2-10,12H2,1H3/p+2/t11-/m0/s1. The minimum Gasteiger partial charge on any atom is -0.358 e. The van der Waals surface area contributed by atoms with Gasteiger partial charge in [-0.2, -0.15) is 0 Å². The van der Waals surface area contributed by atoms with E-state index in [1.54, 1.807) is 0 Å². The Morgan fingerprint density at radius 1 is 1.23 bits per heavy atom. The average Bonchev–Trinajstić information content (AvgIpc) is 2.15. The highest BCUT2D eigenvalue weighted by Crippen LogP contribution is 2.02. The van der Waals surface area contributed by atoms with Gasteiger partial charge in [-0.25, -0.2) is 0 Å². The van der Waals surface area contributed by atoms with E-state index in [9.17, 15) is 0 Å². The zero-order valence-electron chi connectivity index (χ0n) is 9.15. The lowest BCUT2D eigenvalue weighted by atomic mass is 10.0. The zero-order chi connectivity index (χ0) is 9.52. The van der Waals surface area contributed by atoms with Crippen LogP contribution in [0.5, 0.6) is 0 Å². The van der Waals surface area contributed by atoms with Gasteiger partial charge in [0.1, 0.15) is 0 Å². The fraction of sp³-hybridized carbons (Fsp3) is 1.00. The Morgan fingerprint density at radius 2 is 2.08 bits per heavy atom. The van der Waals surface area contributed by atoms with Crippen LogP contribution in [0.4, 0.5) is 0 Å². The molecule has 78 valence electrons. The van der Waals surface area contributed by atoms with Gasteiger partial charge in [-0.1, -0.05) is 0 Å². The molecule has 0 aliphatic carbocycles. The van der Waals surface area contributed by atoms with Crippen LogP contribution in [0.1, 0.15) is 45.4 Å². The average molecular weight is 186 g/mol. The molecule has 0 spiro atoms. The highest BCUT2D eigenvalue weighted by molar-refractivity contribution is 4.55. The number of hydrogen-bond acceptors (Lipinski definition) is 0. The lowest BCUT2D eigenvalue weighted by Crippen LogP contribution is -3.16. The summed E-state index contributed by atoms with van der Waals surface area (Å²) in [6.45, 7) is 6.35. The molecule has 13 heavy (non-hydrogen) atoms. The number of rotatable bonds is 5. The summed E-state index contributed by atoms with van der Waals surface area (Å²) in [4.78, 5) is 1.86. The van der Waals surface area contributed by atoms with Crippen molar-refractivity contribution in [3.05, 3.63) is 0 Å². The maximum Gasteiger partial charge on any atom is 0.0846 e. The molecule has 4 N–H and O–H groups in total.